The number of nitrogens with one attached hydrogen (secondary N) is 2. The van der Waals surface area contributed by atoms with Crippen LogP contribution < -0.4 is 10.7 Å². The van der Waals surface area contributed by atoms with Gasteiger partial charge in [0.05, 0.1) is 11.1 Å². The highest BCUT2D eigenvalue weighted by atomic mass is 35.5. The Morgan fingerprint density at radius 1 is 1.12 bits per heavy atom. The summed E-state index contributed by atoms with van der Waals surface area (Å²) in [4.78, 5) is 35.3. The summed E-state index contributed by atoms with van der Waals surface area (Å²) in [5.74, 6) is -0.243. The van der Waals surface area contributed by atoms with Gasteiger partial charge in [-0.2, -0.15) is 5.10 Å². The molecule has 33 heavy (non-hydrogen) atoms. The Morgan fingerprint density at radius 2 is 1.85 bits per heavy atom. The Labute approximate surface area is 194 Å². The van der Waals surface area contributed by atoms with E-state index >= 15 is 0 Å². The Bertz CT molecular complexity index is 1190. The number of carbonyl (C=O) groups excluding carboxylic acids is 2. The first kappa shape index (κ1) is 23.7. The summed E-state index contributed by atoms with van der Waals surface area (Å²) < 4.78 is 5.64. The van der Waals surface area contributed by atoms with Gasteiger partial charge in [-0.25, -0.2) is 5.43 Å². The van der Waals surface area contributed by atoms with Gasteiger partial charge in [0.2, 0.25) is 0 Å². The number of nitro benzene ring substituents is 1. The molecule has 3 aromatic rings. The molecule has 0 aliphatic heterocycles. The van der Waals surface area contributed by atoms with Crippen LogP contribution in [0.4, 0.5) is 5.69 Å². The van der Waals surface area contributed by atoms with Crippen LogP contribution in [0.5, 0.6) is 0 Å². The zero-order valence-corrected chi connectivity index (χ0v) is 18.6. The number of benzene rings is 2. The van der Waals surface area contributed by atoms with Crippen LogP contribution in [0, 0.1) is 16.0 Å². The molecular formula is C23H21ClN4O5. The maximum atomic E-state index is 12.6. The molecule has 1 heterocycles. The van der Waals surface area contributed by atoms with E-state index in [0.29, 0.717) is 27.7 Å². The summed E-state index contributed by atoms with van der Waals surface area (Å²) in [5, 5.41) is 17.8. The molecule has 1 atom stereocenters. The fourth-order valence-corrected chi connectivity index (χ4v) is 3.13. The molecule has 0 aliphatic carbocycles. The first-order valence-corrected chi connectivity index (χ1v) is 10.4. The van der Waals surface area contributed by atoms with E-state index in [2.05, 4.69) is 15.8 Å². The standard InChI is InChI=1S/C23H21ClN4O5/c1-14(2)21(26-22(29)16-4-3-5-17(24)12-16)23(30)27-25-13-19-10-11-20(33-19)15-6-8-18(9-7-15)28(31)32/h3-14,21H,1-2H3,(H,26,29)(H,27,30). The first-order valence-electron chi connectivity index (χ1n) is 9.98. The third kappa shape index (κ3) is 6.27. The van der Waals surface area contributed by atoms with E-state index in [9.17, 15) is 19.7 Å². The number of hydrazone groups is 1. The van der Waals surface area contributed by atoms with Crippen LogP contribution in [0.3, 0.4) is 0 Å². The van der Waals surface area contributed by atoms with Gasteiger partial charge in [0.1, 0.15) is 17.6 Å². The number of halogens is 1. The van der Waals surface area contributed by atoms with E-state index in [4.69, 9.17) is 16.0 Å². The third-order valence-corrected chi connectivity index (χ3v) is 4.91. The molecule has 0 radical (unpaired) electrons. The summed E-state index contributed by atoms with van der Waals surface area (Å²) >= 11 is 5.92. The fraction of sp³-hybridized carbons (Fsp3) is 0.174. The molecule has 1 unspecified atom stereocenters. The molecule has 2 aromatic carbocycles. The molecule has 3 rings (SSSR count). The summed E-state index contributed by atoms with van der Waals surface area (Å²) in [5.41, 5.74) is 3.39. The van der Waals surface area contributed by atoms with Crippen molar-refractivity contribution < 1.29 is 18.9 Å². The van der Waals surface area contributed by atoms with Crippen LogP contribution in [-0.2, 0) is 4.79 Å². The Balaban J connectivity index is 1.62. The van der Waals surface area contributed by atoms with Crippen LogP contribution in [0.2, 0.25) is 5.02 Å². The predicted molar refractivity (Wildman–Crippen MR) is 124 cm³/mol. The van der Waals surface area contributed by atoms with Crippen LogP contribution in [0.15, 0.2) is 70.2 Å². The van der Waals surface area contributed by atoms with Crippen LogP contribution in [0.1, 0.15) is 30.0 Å². The largest absolute Gasteiger partial charge is 0.455 e. The first-order chi connectivity index (χ1) is 15.7. The summed E-state index contributed by atoms with van der Waals surface area (Å²) in [6.45, 7) is 3.60. The van der Waals surface area contributed by atoms with E-state index in [-0.39, 0.29) is 11.6 Å². The molecule has 0 spiro atoms. The van der Waals surface area contributed by atoms with Gasteiger partial charge in [-0.05, 0) is 48.4 Å². The number of hydrogen-bond acceptors (Lipinski definition) is 6. The van der Waals surface area contributed by atoms with Gasteiger partial charge in [-0.15, -0.1) is 0 Å². The molecule has 0 saturated carbocycles. The molecule has 10 heteroatoms. The van der Waals surface area contributed by atoms with Crippen molar-refractivity contribution in [3.63, 3.8) is 0 Å². The van der Waals surface area contributed by atoms with E-state index < -0.39 is 22.8 Å². The molecule has 0 fully saturated rings. The van der Waals surface area contributed by atoms with Crippen molar-refractivity contribution in [2.75, 3.05) is 0 Å². The van der Waals surface area contributed by atoms with Gasteiger partial charge in [0.25, 0.3) is 17.5 Å². The maximum Gasteiger partial charge on any atom is 0.269 e. The number of nitro groups is 1. The highest BCUT2D eigenvalue weighted by molar-refractivity contribution is 6.31. The second-order valence-corrected chi connectivity index (χ2v) is 7.88. The van der Waals surface area contributed by atoms with Crippen LogP contribution in [-0.4, -0.2) is 29.0 Å². The predicted octanol–water partition coefficient (Wildman–Crippen LogP) is 4.41. The second-order valence-electron chi connectivity index (χ2n) is 7.45. The van der Waals surface area contributed by atoms with Crippen LogP contribution in [0.25, 0.3) is 11.3 Å². The zero-order valence-electron chi connectivity index (χ0n) is 17.8. The third-order valence-electron chi connectivity index (χ3n) is 4.68. The minimum Gasteiger partial charge on any atom is -0.455 e. The number of hydrogen-bond donors (Lipinski definition) is 2. The molecule has 0 aliphatic rings. The quantitative estimate of drug-likeness (QED) is 0.287. The van der Waals surface area contributed by atoms with E-state index in [1.54, 1.807) is 56.3 Å². The van der Waals surface area contributed by atoms with Crippen molar-refractivity contribution in [1.82, 2.24) is 10.7 Å². The molecular weight excluding hydrogens is 448 g/mol. The highest BCUT2D eigenvalue weighted by Gasteiger charge is 2.24. The molecule has 170 valence electrons. The van der Waals surface area contributed by atoms with Crippen LogP contribution >= 0.6 is 11.6 Å². The number of non-ortho nitro benzene ring substituents is 1. The minimum atomic E-state index is -0.819. The minimum absolute atomic E-state index is 0.0167. The summed E-state index contributed by atoms with van der Waals surface area (Å²) in [7, 11) is 0. The second kappa shape index (κ2) is 10.6. The van der Waals surface area contributed by atoms with Crippen molar-refractivity contribution in [1.29, 1.82) is 0 Å². The highest BCUT2D eigenvalue weighted by Crippen LogP contribution is 2.24. The lowest BCUT2D eigenvalue weighted by Crippen LogP contribution is -2.48. The number of nitrogens with zero attached hydrogens (tertiary/aromatic N) is 2. The molecule has 0 saturated heterocycles. The Morgan fingerprint density at radius 3 is 2.48 bits per heavy atom. The number of carbonyl (C=O) groups is 2. The topological polar surface area (TPSA) is 127 Å². The van der Waals surface area contributed by atoms with Crippen molar-refractivity contribution in [2.24, 2.45) is 11.0 Å². The molecule has 1 aromatic heterocycles. The zero-order chi connectivity index (χ0) is 24.0. The Kier molecular flexibility index (Phi) is 7.57. The van der Waals surface area contributed by atoms with Crippen molar-refractivity contribution >= 4 is 35.3 Å². The van der Waals surface area contributed by atoms with Crippen molar-refractivity contribution in [2.45, 2.75) is 19.9 Å². The molecule has 2 N–H and O–H groups in total. The van der Waals surface area contributed by atoms with Gasteiger partial charge in [-0.3, -0.25) is 19.7 Å². The molecule has 0 bridgehead atoms. The monoisotopic (exact) mass is 468 g/mol. The average molecular weight is 469 g/mol. The van der Waals surface area contributed by atoms with Crippen molar-refractivity contribution in [3.8, 4) is 11.3 Å². The smallest absolute Gasteiger partial charge is 0.269 e. The lowest BCUT2D eigenvalue weighted by atomic mass is 10.0. The van der Waals surface area contributed by atoms with Gasteiger partial charge < -0.3 is 9.73 Å². The maximum absolute atomic E-state index is 12.6. The molecule has 2 amide bonds. The lowest BCUT2D eigenvalue weighted by molar-refractivity contribution is -0.384. The van der Waals surface area contributed by atoms with Gasteiger partial charge in [0, 0.05) is 28.3 Å². The summed E-state index contributed by atoms with van der Waals surface area (Å²) in [6, 6.07) is 14.9. The van der Waals surface area contributed by atoms with Crippen molar-refractivity contribution in [3.05, 3.63) is 87.1 Å². The Hall–Kier alpha value is -3.98. The van der Waals surface area contributed by atoms with E-state index in [1.165, 1.54) is 24.4 Å². The fourth-order valence-electron chi connectivity index (χ4n) is 2.94. The molecule has 9 nitrogen and oxygen atoms in total. The van der Waals surface area contributed by atoms with E-state index in [0.717, 1.165) is 0 Å². The lowest BCUT2D eigenvalue weighted by Gasteiger charge is -2.20. The normalized spacial score (nSPS) is 12.0. The summed E-state index contributed by atoms with van der Waals surface area (Å²) in [6.07, 6.45) is 1.32. The van der Waals surface area contributed by atoms with Gasteiger partial charge >= 0.3 is 0 Å². The SMILES string of the molecule is CC(C)C(NC(=O)c1cccc(Cl)c1)C(=O)NN=Cc1ccc(-c2ccc([N+](=O)[O-])cc2)o1. The van der Waals surface area contributed by atoms with Gasteiger partial charge in [0.15, 0.2) is 0 Å². The number of furan rings is 1. The van der Waals surface area contributed by atoms with Gasteiger partial charge in [-0.1, -0.05) is 31.5 Å². The average Bonchev–Trinajstić information content (AvgIpc) is 3.26. The number of amides is 2. The number of rotatable bonds is 8. The van der Waals surface area contributed by atoms with E-state index in [1.807, 2.05) is 0 Å².